The summed E-state index contributed by atoms with van der Waals surface area (Å²) < 4.78 is 0. The molecule has 1 heterocycles. The van der Waals surface area contributed by atoms with Gasteiger partial charge in [-0.05, 0) is 24.8 Å². The number of hydrogen-bond donors (Lipinski definition) is 1. The summed E-state index contributed by atoms with van der Waals surface area (Å²) in [6.45, 7) is 4.34. The largest absolute Gasteiger partial charge is 0.481 e. The highest BCUT2D eigenvalue weighted by molar-refractivity contribution is 7.09. The monoisotopic (exact) mass is 269 g/mol. The minimum atomic E-state index is -0.862. The van der Waals surface area contributed by atoms with Crippen molar-refractivity contribution < 1.29 is 14.7 Å². The minimum Gasteiger partial charge on any atom is -0.481 e. The molecule has 0 radical (unpaired) electrons. The van der Waals surface area contributed by atoms with Crippen molar-refractivity contribution in [2.45, 2.75) is 26.7 Å². The van der Waals surface area contributed by atoms with Crippen molar-refractivity contribution in [2.75, 3.05) is 13.1 Å². The van der Waals surface area contributed by atoms with E-state index in [-0.39, 0.29) is 12.5 Å². The van der Waals surface area contributed by atoms with Crippen molar-refractivity contribution in [1.29, 1.82) is 0 Å². The lowest BCUT2D eigenvalue weighted by molar-refractivity contribution is -0.143. The third-order valence-corrected chi connectivity index (χ3v) is 3.75. The highest BCUT2D eigenvalue weighted by atomic mass is 32.1. The first-order chi connectivity index (χ1) is 8.54. The van der Waals surface area contributed by atoms with Crippen LogP contribution in [0.4, 0.5) is 0 Å². The Kier molecular flexibility index (Phi) is 5.85. The molecule has 4 nitrogen and oxygen atoms in total. The number of amides is 1. The molecule has 1 aromatic heterocycles. The number of aliphatic carboxylic acids is 1. The second-order valence-corrected chi connectivity index (χ2v) is 5.28. The molecule has 1 atom stereocenters. The first kappa shape index (κ1) is 14.7. The fourth-order valence-electron chi connectivity index (χ4n) is 1.66. The molecule has 1 aromatic rings. The predicted octanol–water partition coefficient (Wildman–Crippen LogP) is 2.25. The van der Waals surface area contributed by atoms with Gasteiger partial charge >= 0.3 is 5.97 Å². The zero-order chi connectivity index (χ0) is 13.5. The van der Waals surface area contributed by atoms with E-state index in [1.807, 2.05) is 24.4 Å². The highest BCUT2D eigenvalue weighted by Crippen LogP contribution is 2.12. The number of carboxylic acids is 1. The Morgan fingerprint density at radius 2 is 2.22 bits per heavy atom. The maximum absolute atomic E-state index is 12.0. The summed E-state index contributed by atoms with van der Waals surface area (Å²) in [6.07, 6.45) is 1.18. The van der Waals surface area contributed by atoms with E-state index in [1.54, 1.807) is 23.2 Å². The summed E-state index contributed by atoms with van der Waals surface area (Å²) in [7, 11) is 0. The van der Waals surface area contributed by atoms with Gasteiger partial charge in [-0.25, -0.2) is 0 Å². The Labute approximate surface area is 111 Å². The quantitative estimate of drug-likeness (QED) is 0.826. The van der Waals surface area contributed by atoms with E-state index in [0.717, 1.165) is 6.42 Å². The van der Waals surface area contributed by atoms with Gasteiger partial charge in [-0.2, -0.15) is 0 Å². The third kappa shape index (κ3) is 4.49. The first-order valence-corrected chi connectivity index (χ1v) is 6.95. The van der Waals surface area contributed by atoms with Crippen molar-refractivity contribution in [2.24, 2.45) is 5.92 Å². The Hall–Kier alpha value is -1.36. The first-order valence-electron chi connectivity index (χ1n) is 6.07. The molecule has 0 aliphatic carbocycles. The van der Waals surface area contributed by atoms with E-state index in [2.05, 4.69) is 0 Å². The van der Waals surface area contributed by atoms with E-state index in [1.165, 1.54) is 4.88 Å². The zero-order valence-corrected chi connectivity index (χ0v) is 11.6. The van der Waals surface area contributed by atoms with Gasteiger partial charge in [0.2, 0.25) is 5.91 Å². The summed E-state index contributed by atoms with van der Waals surface area (Å²) in [5.41, 5.74) is 0. The van der Waals surface area contributed by atoms with Gasteiger partial charge in [-0.15, -0.1) is 11.3 Å². The number of rotatable bonds is 7. The van der Waals surface area contributed by atoms with Crippen molar-refractivity contribution in [1.82, 2.24) is 4.90 Å². The molecule has 100 valence electrons. The Morgan fingerprint density at radius 1 is 1.50 bits per heavy atom. The van der Waals surface area contributed by atoms with Crippen molar-refractivity contribution in [3.63, 3.8) is 0 Å². The number of thiophene rings is 1. The van der Waals surface area contributed by atoms with Gasteiger partial charge in [0, 0.05) is 24.4 Å². The standard InChI is InChI=1S/C13H19NO3S/c1-3-14(9-10(2)13(16)17)12(15)7-6-11-5-4-8-18-11/h4-5,8,10H,3,6-7,9H2,1-2H3,(H,16,17). The Morgan fingerprint density at radius 3 is 2.72 bits per heavy atom. The van der Waals surface area contributed by atoms with Gasteiger partial charge in [0.1, 0.15) is 0 Å². The zero-order valence-electron chi connectivity index (χ0n) is 10.8. The van der Waals surface area contributed by atoms with Crippen LogP contribution in [0, 0.1) is 5.92 Å². The van der Waals surface area contributed by atoms with Crippen LogP contribution in [0.5, 0.6) is 0 Å². The molecule has 1 rings (SSSR count). The maximum Gasteiger partial charge on any atom is 0.308 e. The molecule has 0 aliphatic heterocycles. The van der Waals surface area contributed by atoms with Gasteiger partial charge in [0.25, 0.3) is 0 Å². The van der Waals surface area contributed by atoms with Crippen molar-refractivity contribution in [3.05, 3.63) is 22.4 Å². The van der Waals surface area contributed by atoms with Crippen LogP contribution in [0.15, 0.2) is 17.5 Å². The Bertz CT molecular complexity index is 389. The topological polar surface area (TPSA) is 57.6 Å². The van der Waals surface area contributed by atoms with Gasteiger partial charge in [0.05, 0.1) is 5.92 Å². The maximum atomic E-state index is 12.0. The van der Waals surface area contributed by atoms with Crippen LogP contribution in [0.3, 0.4) is 0 Å². The van der Waals surface area contributed by atoms with Gasteiger partial charge < -0.3 is 10.0 Å². The van der Waals surface area contributed by atoms with E-state index >= 15 is 0 Å². The number of nitrogens with zero attached hydrogens (tertiary/aromatic N) is 1. The highest BCUT2D eigenvalue weighted by Gasteiger charge is 2.18. The molecular weight excluding hydrogens is 250 g/mol. The molecule has 1 N–H and O–H groups in total. The number of aryl methyl sites for hydroxylation is 1. The third-order valence-electron chi connectivity index (χ3n) is 2.82. The average Bonchev–Trinajstić information content (AvgIpc) is 2.85. The minimum absolute atomic E-state index is 0.0269. The lowest BCUT2D eigenvalue weighted by Crippen LogP contribution is -2.36. The summed E-state index contributed by atoms with van der Waals surface area (Å²) >= 11 is 1.64. The van der Waals surface area contributed by atoms with Crippen LogP contribution >= 0.6 is 11.3 Å². The molecule has 5 heteroatoms. The van der Waals surface area contributed by atoms with Crippen molar-refractivity contribution >= 4 is 23.2 Å². The summed E-state index contributed by atoms with van der Waals surface area (Å²) in [4.78, 5) is 25.6. The number of carbonyl (C=O) groups excluding carboxylic acids is 1. The van der Waals surface area contributed by atoms with Crippen LogP contribution in [0.25, 0.3) is 0 Å². The molecule has 0 saturated carbocycles. The molecule has 0 aliphatic rings. The van der Waals surface area contributed by atoms with Gasteiger partial charge in [-0.1, -0.05) is 13.0 Å². The lowest BCUT2D eigenvalue weighted by Gasteiger charge is -2.22. The van der Waals surface area contributed by atoms with E-state index in [0.29, 0.717) is 13.0 Å². The number of hydrogen-bond acceptors (Lipinski definition) is 3. The van der Waals surface area contributed by atoms with E-state index in [9.17, 15) is 9.59 Å². The van der Waals surface area contributed by atoms with Crippen LogP contribution in [-0.4, -0.2) is 35.0 Å². The normalized spacial score (nSPS) is 12.1. The number of carboxylic acid groups (broad SMARTS) is 1. The second-order valence-electron chi connectivity index (χ2n) is 4.25. The van der Waals surface area contributed by atoms with Crippen LogP contribution in [0.1, 0.15) is 25.1 Å². The fourth-order valence-corrected chi connectivity index (χ4v) is 2.37. The SMILES string of the molecule is CCN(CC(C)C(=O)O)C(=O)CCc1cccs1. The summed E-state index contributed by atoms with van der Waals surface area (Å²) in [6, 6.07) is 3.97. The summed E-state index contributed by atoms with van der Waals surface area (Å²) in [5, 5.41) is 10.8. The average molecular weight is 269 g/mol. The summed E-state index contributed by atoms with van der Waals surface area (Å²) in [5.74, 6) is -1.35. The second kappa shape index (κ2) is 7.16. The van der Waals surface area contributed by atoms with Gasteiger partial charge in [-0.3, -0.25) is 9.59 Å². The molecule has 0 bridgehead atoms. The van der Waals surface area contributed by atoms with Crippen LogP contribution in [0.2, 0.25) is 0 Å². The van der Waals surface area contributed by atoms with Crippen molar-refractivity contribution in [3.8, 4) is 0 Å². The van der Waals surface area contributed by atoms with E-state index < -0.39 is 11.9 Å². The van der Waals surface area contributed by atoms with E-state index in [4.69, 9.17) is 5.11 Å². The molecule has 0 aromatic carbocycles. The molecule has 18 heavy (non-hydrogen) atoms. The molecule has 1 unspecified atom stereocenters. The molecular formula is C13H19NO3S. The van der Waals surface area contributed by atoms with Crippen LogP contribution < -0.4 is 0 Å². The molecule has 0 saturated heterocycles. The fraction of sp³-hybridized carbons (Fsp3) is 0.538. The molecule has 0 fully saturated rings. The van der Waals surface area contributed by atoms with Crippen LogP contribution in [-0.2, 0) is 16.0 Å². The lowest BCUT2D eigenvalue weighted by atomic mass is 10.1. The molecule has 1 amide bonds. The van der Waals surface area contributed by atoms with Gasteiger partial charge in [0.15, 0.2) is 0 Å². The number of carbonyl (C=O) groups is 2. The smallest absolute Gasteiger partial charge is 0.308 e. The Balaban J connectivity index is 2.44. The molecule has 0 spiro atoms. The predicted molar refractivity (Wildman–Crippen MR) is 71.7 cm³/mol.